The second-order valence-electron chi connectivity index (χ2n) is 8.54. The van der Waals surface area contributed by atoms with Crippen LogP contribution in [0, 0.1) is 28.6 Å². The molecular formula is C19H26O3. The first kappa shape index (κ1) is 14.6. The molecule has 0 radical (unpaired) electrons. The van der Waals surface area contributed by atoms with Crippen LogP contribution >= 0.6 is 0 Å². The average Bonchev–Trinajstić information content (AvgIpc) is 2.70. The van der Waals surface area contributed by atoms with Gasteiger partial charge in [0, 0.05) is 30.6 Å². The van der Waals surface area contributed by atoms with E-state index in [0.717, 1.165) is 25.7 Å². The summed E-state index contributed by atoms with van der Waals surface area (Å²) in [7, 11) is 0. The van der Waals surface area contributed by atoms with E-state index in [1.54, 1.807) is 0 Å². The molecule has 4 aliphatic rings. The quantitative estimate of drug-likeness (QED) is 0.700. The van der Waals surface area contributed by atoms with Crippen molar-refractivity contribution in [1.82, 2.24) is 0 Å². The van der Waals surface area contributed by atoms with E-state index in [0.29, 0.717) is 36.9 Å². The van der Waals surface area contributed by atoms with Crippen molar-refractivity contribution in [2.75, 3.05) is 0 Å². The van der Waals surface area contributed by atoms with Crippen LogP contribution in [0.25, 0.3) is 0 Å². The molecule has 0 aromatic heterocycles. The highest BCUT2D eigenvalue weighted by Crippen LogP contribution is 2.63. The number of aliphatic hydroxyl groups excluding tert-OH is 1. The van der Waals surface area contributed by atoms with Gasteiger partial charge < -0.3 is 5.11 Å². The Balaban J connectivity index is 1.73. The second kappa shape index (κ2) is 4.53. The number of ketones is 2. The Morgan fingerprint density at radius 2 is 1.95 bits per heavy atom. The number of carbonyl (C=O) groups is 2. The van der Waals surface area contributed by atoms with Crippen LogP contribution in [0.5, 0.6) is 0 Å². The molecule has 3 heteroatoms. The van der Waals surface area contributed by atoms with Crippen LogP contribution < -0.4 is 0 Å². The van der Waals surface area contributed by atoms with Gasteiger partial charge in [-0.2, -0.15) is 0 Å². The Kier molecular flexibility index (Phi) is 3.01. The highest BCUT2D eigenvalue weighted by Gasteiger charge is 2.61. The zero-order chi connectivity index (χ0) is 15.7. The van der Waals surface area contributed by atoms with Gasteiger partial charge in [-0.3, -0.25) is 9.59 Å². The van der Waals surface area contributed by atoms with E-state index >= 15 is 0 Å². The van der Waals surface area contributed by atoms with E-state index in [1.807, 2.05) is 0 Å². The molecule has 4 rings (SSSR count). The summed E-state index contributed by atoms with van der Waals surface area (Å²) in [5.41, 5.74) is 1.14. The van der Waals surface area contributed by atoms with Gasteiger partial charge >= 0.3 is 0 Å². The molecule has 0 saturated heterocycles. The van der Waals surface area contributed by atoms with Crippen molar-refractivity contribution in [1.29, 1.82) is 0 Å². The van der Waals surface area contributed by atoms with Gasteiger partial charge in [0.2, 0.25) is 0 Å². The summed E-state index contributed by atoms with van der Waals surface area (Å²) >= 11 is 0. The zero-order valence-corrected chi connectivity index (χ0v) is 13.6. The minimum atomic E-state index is -0.464. The van der Waals surface area contributed by atoms with Crippen molar-refractivity contribution in [3.63, 3.8) is 0 Å². The van der Waals surface area contributed by atoms with E-state index in [-0.39, 0.29) is 22.5 Å². The van der Waals surface area contributed by atoms with E-state index in [1.165, 1.54) is 5.57 Å². The van der Waals surface area contributed by atoms with Gasteiger partial charge in [0.15, 0.2) is 0 Å². The number of allylic oxidation sites excluding steroid dienone is 2. The Bertz CT molecular complexity index is 577. The second-order valence-corrected chi connectivity index (χ2v) is 8.54. The Labute approximate surface area is 132 Å². The fraction of sp³-hybridized carbons (Fsp3) is 0.789. The molecule has 0 aromatic carbocycles. The molecule has 0 aromatic rings. The molecule has 0 spiro atoms. The number of hydrogen-bond donors (Lipinski definition) is 1. The van der Waals surface area contributed by atoms with Gasteiger partial charge in [-0.1, -0.05) is 25.5 Å². The molecule has 0 aliphatic heterocycles. The van der Waals surface area contributed by atoms with Crippen LogP contribution in [0.3, 0.4) is 0 Å². The molecule has 1 N–H and O–H groups in total. The fourth-order valence-electron chi connectivity index (χ4n) is 6.32. The van der Waals surface area contributed by atoms with Crippen molar-refractivity contribution in [3.05, 3.63) is 11.6 Å². The lowest BCUT2D eigenvalue weighted by atomic mass is 9.48. The standard InChI is InChI=1S/C19H26O3/c1-18-7-5-12(20)9-11(18)3-4-13-14(18)6-8-19(2)16(22)10-15(21)17(13)19/h3,13-15,17,21H,4-10H2,1-2H3/t13-,14+,15+,17-,18+,19-/m1/s1. The van der Waals surface area contributed by atoms with Crippen molar-refractivity contribution in [3.8, 4) is 0 Å². The van der Waals surface area contributed by atoms with Gasteiger partial charge in [0.25, 0.3) is 0 Å². The predicted molar refractivity (Wildman–Crippen MR) is 83.1 cm³/mol. The third kappa shape index (κ3) is 1.72. The number of fused-ring (bicyclic) bond motifs is 5. The molecule has 120 valence electrons. The minimum Gasteiger partial charge on any atom is -0.392 e. The molecule has 0 heterocycles. The summed E-state index contributed by atoms with van der Waals surface area (Å²) < 4.78 is 0. The van der Waals surface area contributed by atoms with Crippen molar-refractivity contribution < 1.29 is 14.7 Å². The molecule has 22 heavy (non-hydrogen) atoms. The molecule has 3 nitrogen and oxygen atoms in total. The van der Waals surface area contributed by atoms with E-state index in [4.69, 9.17) is 0 Å². The number of Topliss-reactive ketones (excluding diaryl/α,β-unsaturated/α-hetero) is 2. The summed E-state index contributed by atoms with van der Waals surface area (Å²) in [5.74, 6) is 1.69. The molecular weight excluding hydrogens is 276 g/mol. The SMILES string of the molecule is C[C@]12CCC(=O)CC1=CC[C@H]1[C@@H]3[C@@H](O)CC(=O)[C@@]3(C)CC[C@@H]12. The first-order valence-corrected chi connectivity index (χ1v) is 8.79. The number of aliphatic hydroxyl groups is 1. The first-order valence-electron chi connectivity index (χ1n) is 8.79. The molecule has 3 saturated carbocycles. The molecule has 6 atom stereocenters. The van der Waals surface area contributed by atoms with Crippen LogP contribution in [0.1, 0.15) is 58.8 Å². The lowest BCUT2D eigenvalue weighted by Gasteiger charge is -2.56. The highest BCUT2D eigenvalue weighted by molar-refractivity contribution is 5.88. The summed E-state index contributed by atoms with van der Waals surface area (Å²) in [5, 5.41) is 10.5. The fourth-order valence-corrected chi connectivity index (χ4v) is 6.32. The average molecular weight is 302 g/mol. The van der Waals surface area contributed by atoms with E-state index < -0.39 is 6.10 Å². The maximum absolute atomic E-state index is 12.4. The monoisotopic (exact) mass is 302 g/mol. The van der Waals surface area contributed by atoms with Crippen LogP contribution in [0.15, 0.2) is 11.6 Å². The number of hydrogen-bond acceptors (Lipinski definition) is 3. The highest BCUT2D eigenvalue weighted by atomic mass is 16.3. The van der Waals surface area contributed by atoms with Gasteiger partial charge in [-0.25, -0.2) is 0 Å². The van der Waals surface area contributed by atoms with Crippen LogP contribution in [0.2, 0.25) is 0 Å². The molecule has 3 fully saturated rings. The van der Waals surface area contributed by atoms with Crippen molar-refractivity contribution in [2.45, 2.75) is 64.9 Å². The maximum Gasteiger partial charge on any atom is 0.141 e. The van der Waals surface area contributed by atoms with Crippen LogP contribution in [-0.4, -0.2) is 22.8 Å². The number of carbonyl (C=O) groups excluding carboxylic acids is 2. The predicted octanol–water partition coefficient (Wildman–Crippen LogP) is 3.06. The third-order valence-corrected chi connectivity index (χ3v) is 7.63. The maximum atomic E-state index is 12.4. The summed E-state index contributed by atoms with van der Waals surface area (Å²) in [6, 6.07) is 0. The lowest BCUT2D eigenvalue weighted by Crippen LogP contribution is -2.52. The van der Waals surface area contributed by atoms with Gasteiger partial charge in [-0.15, -0.1) is 0 Å². The Morgan fingerprint density at radius 3 is 2.73 bits per heavy atom. The number of rotatable bonds is 0. The summed E-state index contributed by atoms with van der Waals surface area (Å²) in [6.45, 7) is 4.41. The van der Waals surface area contributed by atoms with E-state index in [9.17, 15) is 14.7 Å². The molecule has 4 aliphatic carbocycles. The Hall–Kier alpha value is -0.960. The van der Waals surface area contributed by atoms with Gasteiger partial charge in [0.1, 0.15) is 11.6 Å². The topological polar surface area (TPSA) is 54.4 Å². The molecule has 0 bridgehead atoms. The van der Waals surface area contributed by atoms with Crippen molar-refractivity contribution in [2.24, 2.45) is 28.6 Å². The molecule has 0 amide bonds. The van der Waals surface area contributed by atoms with Crippen LogP contribution in [0.4, 0.5) is 0 Å². The smallest absolute Gasteiger partial charge is 0.141 e. The first-order chi connectivity index (χ1) is 10.4. The summed E-state index contributed by atoms with van der Waals surface area (Å²) in [6.07, 6.45) is 7.34. The van der Waals surface area contributed by atoms with Crippen LogP contribution in [-0.2, 0) is 9.59 Å². The van der Waals surface area contributed by atoms with Gasteiger partial charge in [-0.05, 0) is 42.9 Å². The zero-order valence-electron chi connectivity index (χ0n) is 13.6. The lowest BCUT2D eigenvalue weighted by molar-refractivity contribution is -0.133. The summed E-state index contributed by atoms with van der Waals surface area (Å²) in [4.78, 5) is 24.2. The van der Waals surface area contributed by atoms with Crippen molar-refractivity contribution >= 4 is 11.6 Å². The van der Waals surface area contributed by atoms with E-state index in [2.05, 4.69) is 19.9 Å². The third-order valence-electron chi connectivity index (χ3n) is 7.63. The largest absolute Gasteiger partial charge is 0.392 e. The Morgan fingerprint density at radius 1 is 1.18 bits per heavy atom. The normalized spacial score (nSPS) is 51.0. The minimum absolute atomic E-state index is 0.115. The van der Waals surface area contributed by atoms with Gasteiger partial charge in [0.05, 0.1) is 6.10 Å². The molecule has 0 unspecified atom stereocenters.